The lowest BCUT2D eigenvalue weighted by Crippen LogP contribution is -2.43. The maximum absolute atomic E-state index is 12.0. The average molecular weight is 533 g/mol. The number of nitrogens with one attached hydrogen (secondary N) is 1. The summed E-state index contributed by atoms with van der Waals surface area (Å²) in [6, 6.07) is 25.4. The van der Waals surface area contributed by atoms with Crippen LogP contribution < -0.4 is 5.32 Å². The van der Waals surface area contributed by atoms with E-state index >= 15 is 0 Å². The van der Waals surface area contributed by atoms with Gasteiger partial charge in [-0.15, -0.1) is 0 Å². The average Bonchev–Trinajstić information content (AvgIpc) is 2.94. The molecular weight excluding hydrogens is 496 g/mol. The first kappa shape index (κ1) is 28.4. The predicted molar refractivity (Wildman–Crippen MR) is 148 cm³/mol. The van der Waals surface area contributed by atoms with Crippen molar-refractivity contribution in [2.45, 2.75) is 51.4 Å². The molecule has 1 amide bonds. The number of aliphatic hydroxyl groups excluding tert-OH is 1. The van der Waals surface area contributed by atoms with Gasteiger partial charge in [0.1, 0.15) is 0 Å². The van der Waals surface area contributed by atoms with Crippen molar-refractivity contribution in [3.63, 3.8) is 0 Å². The summed E-state index contributed by atoms with van der Waals surface area (Å²) in [4.78, 5) is 25.0. The molecule has 8 heteroatoms. The van der Waals surface area contributed by atoms with E-state index < -0.39 is 12.3 Å². The number of nitrogens with zero attached hydrogens (tertiary/aromatic N) is 1. The van der Waals surface area contributed by atoms with Crippen LogP contribution in [0.25, 0.3) is 0 Å². The Morgan fingerprint density at radius 3 is 2.18 bits per heavy atom. The molecule has 1 aliphatic heterocycles. The van der Waals surface area contributed by atoms with E-state index in [4.69, 9.17) is 14.6 Å². The molecule has 0 bridgehead atoms. The van der Waals surface area contributed by atoms with Gasteiger partial charge in [0.15, 0.2) is 6.29 Å². The molecule has 8 nitrogen and oxygen atoms in total. The number of carboxylic acids is 1. The number of hydrogen-bond acceptors (Lipinski definition) is 6. The van der Waals surface area contributed by atoms with Gasteiger partial charge < -0.3 is 25.0 Å². The van der Waals surface area contributed by atoms with Gasteiger partial charge in [-0.25, -0.2) is 0 Å². The molecule has 1 fully saturated rings. The summed E-state index contributed by atoms with van der Waals surface area (Å²) in [5, 5.41) is 21.0. The number of aliphatic hydroxyl groups is 1. The Morgan fingerprint density at radius 2 is 1.54 bits per heavy atom. The number of ether oxygens (including phenoxy) is 2. The van der Waals surface area contributed by atoms with Crippen molar-refractivity contribution >= 4 is 17.6 Å². The number of carboxylic acid groups (broad SMARTS) is 1. The van der Waals surface area contributed by atoms with E-state index in [9.17, 15) is 14.7 Å². The van der Waals surface area contributed by atoms with E-state index in [-0.39, 0.29) is 43.5 Å². The molecule has 0 unspecified atom stereocenters. The summed E-state index contributed by atoms with van der Waals surface area (Å²) in [6.07, 6.45) is -1.25. The lowest BCUT2D eigenvalue weighted by molar-refractivity contribution is -0.276. The number of aliphatic carboxylic acids is 1. The van der Waals surface area contributed by atoms with Crippen LogP contribution in [0.5, 0.6) is 0 Å². The summed E-state index contributed by atoms with van der Waals surface area (Å²) >= 11 is 0. The Labute approximate surface area is 229 Å². The number of rotatable bonds is 11. The van der Waals surface area contributed by atoms with Gasteiger partial charge in [-0.3, -0.25) is 14.5 Å². The van der Waals surface area contributed by atoms with Crippen LogP contribution in [0, 0.1) is 5.92 Å². The van der Waals surface area contributed by atoms with Gasteiger partial charge in [0, 0.05) is 36.7 Å². The zero-order chi connectivity index (χ0) is 27.8. The molecule has 0 spiro atoms. The smallest absolute Gasteiger partial charge is 0.303 e. The third-order valence-electron chi connectivity index (χ3n) is 6.94. The van der Waals surface area contributed by atoms with E-state index in [0.717, 1.165) is 23.2 Å². The fraction of sp³-hybridized carbons (Fsp3) is 0.355. The highest BCUT2D eigenvalue weighted by Crippen LogP contribution is 2.42. The quantitative estimate of drug-likeness (QED) is 0.322. The normalized spacial score (nSPS) is 21.0. The molecular formula is C31H36N2O6. The van der Waals surface area contributed by atoms with E-state index in [0.29, 0.717) is 12.2 Å². The molecule has 1 saturated heterocycles. The van der Waals surface area contributed by atoms with Gasteiger partial charge in [-0.2, -0.15) is 0 Å². The van der Waals surface area contributed by atoms with Crippen LogP contribution in [0.1, 0.15) is 54.4 Å². The number of hydrogen-bond donors (Lipinski definition) is 3. The molecule has 3 aromatic rings. The van der Waals surface area contributed by atoms with Crippen LogP contribution >= 0.6 is 0 Å². The standard InChI is InChI=1S/C31H36N2O6/c1-21-27(19-33(2)18-22-6-4-3-5-7-22)38-31(39-30(21)24-10-8-23(20-34)9-11-24)25-12-14-26(15-13-25)32-28(35)16-17-29(36)37/h3-15,21,27,30-31,34H,16-20H2,1-2H3,(H,32,35)(H,36,37)/t21-,27+,30+,31+/m0/s1. The summed E-state index contributed by atoms with van der Waals surface area (Å²) in [6.45, 7) is 3.63. The summed E-state index contributed by atoms with van der Waals surface area (Å²) in [5.41, 5.74) is 4.49. The highest BCUT2D eigenvalue weighted by Gasteiger charge is 2.38. The second kappa shape index (κ2) is 13.5. The first-order valence-electron chi connectivity index (χ1n) is 13.2. The van der Waals surface area contributed by atoms with Crippen molar-refractivity contribution in [1.82, 2.24) is 4.90 Å². The maximum Gasteiger partial charge on any atom is 0.303 e. The SMILES string of the molecule is C[C@H]1[C@@H](CN(C)Cc2ccccc2)O[C@@H](c2ccc(NC(=O)CCC(=O)O)cc2)O[C@H]1c1ccc(CO)cc1. The maximum atomic E-state index is 12.0. The lowest BCUT2D eigenvalue weighted by Gasteiger charge is -2.42. The Kier molecular flexibility index (Phi) is 9.84. The molecule has 0 aromatic heterocycles. The minimum absolute atomic E-state index is 0.0147. The van der Waals surface area contributed by atoms with Gasteiger partial charge in [0.2, 0.25) is 5.91 Å². The summed E-state index contributed by atoms with van der Waals surface area (Å²) < 4.78 is 13.0. The van der Waals surface area contributed by atoms with Crippen molar-refractivity contribution < 1.29 is 29.3 Å². The van der Waals surface area contributed by atoms with Crippen molar-refractivity contribution in [2.24, 2.45) is 5.92 Å². The minimum atomic E-state index is -1.01. The fourth-order valence-electron chi connectivity index (χ4n) is 4.76. The summed E-state index contributed by atoms with van der Waals surface area (Å²) in [7, 11) is 2.08. The molecule has 4 atom stereocenters. The second-order valence-electron chi connectivity index (χ2n) is 10.1. The number of carbonyl (C=O) groups excluding carboxylic acids is 1. The van der Waals surface area contributed by atoms with E-state index in [2.05, 4.69) is 36.3 Å². The van der Waals surface area contributed by atoms with Gasteiger partial charge >= 0.3 is 5.97 Å². The predicted octanol–water partition coefficient (Wildman–Crippen LogP) is 4.91. The first-order chi connectivity index (χ1) is 18.8. The second-order valence-corrected chi connectivity index (χ2v) is 10.1. The molecule has 4 rings (SSSR count). The fourth-order valence-corrected chi connectivity index (χ4v) is 4.76. The Hall–Kier alpha value is -3.56. The minimum Gasteiger partial charge on any atom is -0.481 e. The third-order valence-corrected chi connectivity index (χ3v) is 6.94. The molecule has 0 saturated carbocycles. The molecule has 0 aliphatic carbocycles. The van der Waals surface area contributed by atoms with Crippen molar-refractivity contribution in [1.29, 1.82) is 0 Å². The third kappa shape index (κ3) is 7.97. The highest BCUT2D eigenvalue weighted by molar-refractivity contribution is 5.92. The number of benzene rings is 3. The first-order valence-corrected chi connectivity index (χ1v) is 13.2. The van der Waals surface area contributed by atoms with Crippen molar-refractivity contribution in [3.8, 4) is 0 Å². The summed E-state index contributed by atoms with van der Waals surface area (Å²) in [5.74, 6) is -1.30. The zero-order valence-electron chi connectivity index (χ0n) is 22.3. The van der Waals surface area contributed by atoms with Crippen LogP contribution in [0.3, 0.4) is 0 Å². The molecule has 1 heterocycles. The number of likely N-dealkylation sites (N-methyl/N-ethyl adjacent to an activating group) is 1. The highest BCUT2D eigenvalue weighted by atomic mass is 16.7. The number of anilines is 1. The lowest BCUT2D eigenvalue weighted by atomic mass is 9.90. The molecule has 1 aliphatic rings. The molecule has 3 aromatic carbocycles. The van der Waals surface area contributed by atoms with Crippen LogP contribution in [-0.4, -0.2) is 46.7 Å². The number of amides is 1. The topological polar surface area (TPSA) is 108 Å². The molecule has 39 heavy (non-hydrogen) atoms. The van der Waals surface area contributed by atoms with Gasteiger partial charge in [-0.05, 0) is 35.9 Å². The van der Waals surface area contributed by atoms with Crippen LogP contribution in [0.4, 0.5) is 5.69 Å². The zero-order valence-corrected chi connectivity index (χ0v) is 22.3. The molecule has 206 valence electrons. The van der Waals surface area contributed by atoms with Crippen LogP contribution in [0.2, 0.25) is 0 Å². The van der Waals surface area contributed by atoms with E-state index in [1.807, 2.05) is 54.6 Å². The van der Waals surface area contributed by atoms with Gasteiger partial charge in [0.05, 0.1) is 25.2 Å². The monoisotopic (exact) mass is 532 g/mol. The largest absolute Gasteiger partial charge is 0.481 e. The number of carbonyl (C=O) groups is 2. The Balaban J connectivity index is 1.50. The molecule has 3 N–H and O–H groups in total. The van der Waals surface area contributed by atoms with Crippen LogP contribution in [-0.2, 0) is 32.2 Å². The van der Waals surface area contributed by atoms with Crippen LogP contribution in [0.15, 0.2) is 78.9 Å². The van der Waals surface area contributed by atoms with Crippen molar-refractivity contribution in [3.05, 3.63) is 101 Å². The van der Waals surface area contributed by atoms with Crippen molar-refractivity contribution in [2.75, 3.05) is 18.9 Å². The van der Waals surface area contributed by atoms with E-state index in [1.54, 1.807) is 12.1 Å². The van der Waals surface area contributed by atoms with Gasteiger partial charge in [-0.1, -0.05) is 73.7 Å². The Bertz CT molecular complexity index is 1220. The molecule has 0 radical (unpaired) electrons. The van der Waals surface area contributed by atoms with Gasteiger partial charge in [0.25, 0.3) is 0 Å². The van der Waals surface area contributed by atoms with E-state index in [1.165, 1.54) is 5.56 Å². The Morgan fingerprint density at radius 1 is 0.872 bits per heavy atom.